The average Bonchev–Trinajstić information content (AvgIpc) is 2.90. The summed E-state index contributed by atoms with van der Waals surface area (Å²) in [5, 5.41) is 3.44. The van der Waals surface area contributed by atoms with Gasteiger partial charge in [0.2, 0.25) is 0 Å². The molecule has 1 fully saturated rings. The third-order valence-corrected chi connectivity index (χ3v) is 3.95. The van der Waals surface area contributed by atoms with Crippen molar-refractivity contribution in [2.45, 2.75) is 32.6 Å². The number of carbonyl (C=O) groups excluding carboxylic acids is 1. The third-order valence-electron chi connectivity index (χ3n) is 3.75. The molecule has 1 saturated carbocycles. The molecule has 4 nitrogen and oxygen atoms in total. The summed E-state index contributed by atoms with van der Waals surface area (Å²) >= 11 is 5.98. The van der Waals surface area contributed by atoms with Gasteiger partial charge >= 0.3 is 0 Å². The molecule has 0 radical (unpaired) electrons. The summed E-state index contributed by atoms with van der Waals surface area (Å²) in [5.74, 6) is 1.31. The van der Waals surface area contributed by atoms with E-state index in [9.17, 15) is 4.79 Å². The number of halogens is 1. The Hall–Kier alpha value is -1.29. The minimum absolute atomic E-state index is 0.0142. The number of hydrogen-bond donors (Lipinski definition) is 1. The predicted molar refractivity (Wildman–Crippen MR) is 82.3 cm³/mol. The topological polar surface area (TPSA) is 45.2 Å². The Kier molecular flexibility index (Phi) is 5.24. The van der Waals surface area contributed by atoms with Gasteiger partial charge in [0, 0.05) is 25.7 Å². The number of amides is 1. The van der Waals surface area contributed by atoms with Gasteiger partial charge in [-0.25, -0.2) is 4.98 Å². The summed E-state index contributed by atoms with van der Waals surface area (Å²) < 4.78 is 0. The van der Waals surface area contributed by atoms with Gasteiger partial charge in [0.05, 0.1) is 0 Å². The SMILES string of the molecule is CCNc1cc(C(=O)N(C)CC2CCCC2)cc(Cl)n1. The van der Waals surface area contributed by atoms with E-state index in [2.05, 4.69) is 10.3 Å². The summed E-state index contributed by atoms with van der Waals surface area (Å²) in [7, 11) is 1.86. The number of pyridine rings is 1. The Morgan fingerprint density at radius 1 is 1.45 bits per heavy atom. The lowest BCUT2D eigenvalue weighted by molar-refractivity contribution is 0.0773. The van der Waals surface area contributed by atoms with Gasteiger partial charge in [0.25, 0.3) is 5.91 Å². The Morgan fingerprint density at radius 2 is 2.15 bits per heavy atom. The third kappa shape index (κ3) is 3.85. The van der Waals surface area contributed by atoms with E-state index in [0.717, 1.165) is 13.1 Å². The molecule has 0 unspecified atom stereocenters. The molecule has 0 aromatic carbocycles. The Bertz CT molecular complexity index is 472. The first-order valence-electron chi connectivity index (χ1n) is 7.27. The van der Waals surface area contributed by atoms with Crippen LogP contribution in [-0.2, 0) is 0 Å². The first-order valence-corrected chi connectivity index (χ1v) is 7.65. The van der Waals surface area contributed by atoms with Gasteiger partial charge in [-0.3, -0.25) is 4.79 Å². The lowest BCUT2D eigenvalue weighted by Gasteiger charge is -2.21. The highest BCUT2D eigenvalue weighted by molar-refractivity contribution is 6.29. The fourth-order valence-electron chi connectivity index (χ4n) is 2.78. The number of anilines is 1. The van der Waals surface area contributed by atoms with Crippen molar-refractivity contribution in [2.24, 2.45) is 5.92 Å². The van der Waals surface area contributed by atoms with Crippen LogP contribution in [0.4, 0.5) is 5.82 Å². The molecule has 0 bridgehead atoms. The molecule has 20 heavy (non-hydrogen) atoms. The average molecular weight is 296 g/mol. The lowest BCUT2D eigenvalue weighted by atomic mass is 10.1. The van der Waals surface area contributed by atoms with Crippen LogP contribution < -0.4 is 5.32 Å². The van der Waals surface area contributed by atoms with Crippen LogP contribution in [0.3, 0.4) is 0 Å². The standard InChI is InChI=1S/C15H22ClN3O/c1-3-17-14-9-12(8-13(16)18-14)15(20)19(2)10-11-6-4-5-7-11/h8-9,11H,3-7,10H2,1-2H3,(H,17,18). The molecule has 1 aliphatic carbocycles. The van der Waals surface area contributed by atoms with E-state index < -0.39 is 0 Å². The van der Waals surface area contributed by atoms with Gasteiger partial charge in [0.1, 0.15) is 11.0 Å². The molecule has 5 heteroatoms. The van der Waals surface area contributed by atoms with Crippen molar-refractivity contribution in [1.29, 1.82) is 0 Å². The molecule has 1 aromatic rings. The summed E-state index contributed by atoms with van der Waals surface area (Å²) in [5.41, 5.74) is 0.599. The lowest BCUT2D eigenvalue weighted by Crippen LogP contribution is -2.31. The molecule has 0 atom stereocenters. The van der Waals surface area contributed by atoms with Crippen molar-refractivity contribution >= 4 is 23.3 Å². The first kappa shape index (κ1) is 15.1. The highest BCUT2D eigenvalue weighted by atomic mass is 35.5. The van der Waals surface area contributed by atoms with Crippen LogP contribution in [0.2, 0.25) is 5.15 Å². The molecular formula is C15H22ClN3O. The molecule has 110 valence electrons. The van der Waals surface area contributed by atoms with Crippen LogP contribution in [0.15, 0.2) is 12.1 Å². The monoisotopic (exact) mass is 295 g/mol. The number of aromatic nitrogens is 1. The van der Waals surface area contributed by atoms with Crippen LogP contribution in [0.5, 0.6) is 0 Å². The van der Waals surface area contributed by atoms with E-state index in [1.54, 1.807) is 17.0 Å². The molecule has 1 heterocycles. The Labute approximate surface area is 125 Å². The van der Waals surface area contributed by atoms with Crippen molar-refractivity contribution in [3.8, 4) is 0 Å². The first-order chi connectivity index (χ1) is 9.60. The van der Waals surface area contributed by atoms with Crippen molar-refractivity contribution in [1.82, 2.24) is 9.88 Å². The van der Waals surface area contributed by atoms with E-state index in [1.807, 2.05) is 14.0 Å². The maximum atomic E-state index is 12.5. The van der Waals surface area contributed by atoms with Gasteiger partial charge in [-0.2, -0.15) is 0 Å². The number of nitrogens with one attached hydrogen (secondary N) is 1. The second-order valence-electron chi connectivity index (χ2n) is 5.43. The smallest absolute Gasteiger partial charge is 0.253 e. The zero-order chi connectivity index (χ0) is 14.5. The quantitative estimate of drug-likeness (QED) is 0.847. The predicted octanol–water partition coefficient (Wildman–Crippen LogP) is 3.43. The van der Waals surface area contributed by atoms with Crippen molar-refractivity contribution in [3.63, 3.8) is 0 Å². The van der Waals surface area contributed by atoms with E-state index in [1.165, 1.54) is 25.7 Å². The molecule has 0 aliphatic heterocycles. The summed E-state index contributed by atoms with van der Waals surface area (Å²) in [6.45, 7) is 3.56. The van der Waals surface area contributed by atoms with Gasteiger partial charge in [-0.15, -0.1) is 0 Å². The number of rotatable bonds is 5. The second kappa shape index (κ2) is 6.93. The molecule has 1 amide bonds. The van der Waals surface area contributed by atoms with Crippen LogP contribution in [0, 0.1) is 5.92 Å². The number of hydrogen-bond acceptors (Lipinski definition) is 3. The van der Waals surface area contributed by atoms with Gasteiger partial charge in [-0.05, 0) is 37.8 Å². The van der Waals surface area contributed by atoms with Crippen molar-refractivity contribution < 1.29 is 4.79 Å². The molecule has 1 aliphatic rings. The van der Waals surface area contributed by atoms with E-state index in [0.29, 0.717) is 22.5 Å². The molecule has 2 rings (SSSR count). The van der Waals surface area contributed by atoms with Gasteiger partial charge < -0.3 is 10.2 Å². The maximum absolute atomic E-state index is 12.5. The minimum atomic E-state index is 0.0142. The zero-order valence-electron chi connectivity index (χ0n) is 12.2. The van der Waals surface area contributed by atoms with Crippen LogP contribution in [0.1, 0.15) is 43.0 Å². The molecular weight excluding hydrogens is 274 g/mol. The Morgan fingerprint density at radius 3 is 2.80 bits per heavy atom. The normalized spacial score (nSPS) is 15.3. The fraction of sp³-hybridized carbons (Fsp3) is 0.600. The van der Waals surface area contributed by atoms with Gasteiger partial charge in [-0.1, -0.05) is 24.4 Å². The van der Waals surface area contributed by atoms with Crippen molar-refractivity contribution in [2.75, 3.05) is 25.5 Å². The fourth-order valence-corrected chi connectivity index (χ4v) is 2.98. The molecule has 1 N–H and O–H groups in total. The highest BCUT2D eigenvalue weighted by Gasteiger charge is 2.20. The molecule has 1 aromatic heterocycles. The van der Waals surface area contributed by atoms with Gasteiger partial charge in [0.15, 0.2) is 0 Å². The zero-order valence-corrected chi connectivity index (χ0v) is 12.9. The van der Waals surface area contributed by atoms with Crippen molar-refractivity contribution in [3.05, 3.63) is 22.8 Å². The van der Waals surface area contributed by atoms with Crippen LogP contribution >= 0.6 is 11.6 Å². The van der Waals surface area contributed by atoms with E-state index in [-0.39, 0.29) is 5.91 Å². The second-order valence-corrected chi connectivity index (χ2v) is 5.82. The summed E-state index contributed by atoms with van der Waals surface area (Å²) in [6, 6.07) is 3.40. The molecule has 0 spiro atoms. The maximum Gasteiger partial charge on any atom is 0.253 e. The number of carbonyl (C=O) groups is 1. The Balaban J connectivity index is 2.06. The number of nitrogens with zero attached hydrogens (tertiary/aromatic N) is 2. The van der Waals surface area contributed by atoms with Crippen LogP contribution in [0.25, 0.3) is 0 Å². The molecule has 0 saturated heterocycles. The summed E-state index contributed by atoms with van der Waals surface area (Å²) in [6.07, 6.45) is 5.05. The highest BCUT2D eigenvalue weighted by Crippen LogP contribution is 2.26. The van der Waals surface area contributed by atoms with E-state index in [4.69, 9.17) is 11.6 Å². The summed E-state index contributed by atoms with van der Waals surface area (Å²) in [4.78, 5) is 18.4. The largest absolute Gasteiger partial charge is 0.370 e. The van der Waals surface area contributed by atoms with E-state index >= 15 is 0 Å². The van der Waals surface area contributed by atoms with Crippen LogP contribution in [-0.4, -0.2) is 35.9 Å². The minimum Gasteiger partial charge on any atom is -0.370 e.